The Morgan fingerprint density at radius 3 is 2.92 bits per heavy atom. The number of hydrogen-bond acceptors (Lipinski definition) is 2. The molecule has 3 heteroatoms. The van der Waals surface area contributed by atoms with E-state index in [1.807, 2.05) is 0 Å². The summed E-state index contributed by atoms with van der Waals surface area (Å²) in [7, 11) is 0. The van der Waals surface area contributed by atoms with Gasteiger partial charge in [0.25, 0.3) is 0 Å². The minimum atomic E-state index is -0.495. The van der Waals surface area contributed by atoms with Crippen LogP contribution in [0.3, 0.4) is 0 Å². The van der Waals surface area contributed by atoms with Crippen molar-refractivity contribution in [2.45, 2.75) is 35.2 Å². The van der Waals surface area contributed by atoms with Crippen LogP contribution in [0.5, 0.6) is 0 Å². The number of carbonyl (C=O) groups is 1. The number of aliphatic hydroxyl groups is 1. The summed E-state index contributed by atoms with van der Waals surface area (Å²) in [5.74, 6) is 1.46. The molecular weight excluding hydrogens is 279 g/mol. The summed E-state index contributed by atoms with van der Waals surface area (Å²) in [6.45, 7) is 0. The summed E-state index contributed by atoms with van der Waals surface area (Å²) >= 11 is 2.29. The van der Waals surface area contributed by atoms with Crippen LogP contribution in [0.15, 0.2) is 0 Å². The SMILES string of the molecule is O=C1C2CC3CC1C(I)C(O)(C3)C2. The van der Waals surface area contributed by atoms with Crippen LogP contribution in [-0.4, -0.2) is 20.4 Å². The third-order valence-corrected chi connectivity index (χ3v) is 6.11. The van der Waals surface area contributed by atoms with Gasteiger partial charge in [-0.15, -0.1) is 0 Å². The van der Waals surface area contributed by atoms with Crippen molar-refractivity contribution < 1.29 is 9.90 Å². The molecule has 4 aliphatic rings. The van der Waals surface area contributed by atoms with Crippen molar-refractivity contribution in [3.63, 3.8) is 0 Å². The molecule has 72 valence electrons. The van der Waals surface area contributed by atoms with Gasteiger partial charge >= 0.3 is 0 Å². The van der Waals surface area contributed by atoms with Crippen molar-refractivity contribution in [3.8, 4) is 0 Å². The van der Waals surface area contributed by atoms with Crippen LogP contribution < -0.4 is 0 Å². The molecule has 0 radical (unpaired) electrons. The maximum atomic E-state index is 11.8. The lowest BCUT2D eigenvalue weighted by molar-refractivity contribution is -0.157. The van der Waals surface area contributed by atoms with E-state index in [0.717, 1.165) is 25.7 Å². The van der Waals surface area contributed by atoms with Crippen molar-refractivity contribution >= 4 is 28.4 Å². The molecule has 13 heavy (non-hydrogen) atoms. The summed E-state index contributed by atoms with van der Waals surface area (Å²) in [6, 6.07) is 0. The van der Waals surface area contributed by atoms with Crippen LogP contribution in [0.4, 0.5) is 0 Å². The monoisotopic (exact) mass is 292 g/mol. The average Bonchev–Trinajstić information content (AvgIpc) is 2.07. The molecular formula is C10H13IO2. The molecule has 1 N–H and O–H groups in total. The van der Waals surface area contributed by atoms with E-state index in [-0.39, 0.29) is 15.8 Å². The van der Waals surface area contributed by atoms with E-state index < -0.39 is 5.60 Å². The molecule has 0 aromatic rings. The number of carbonyl (C=O) groups excluding carboxylic acids is 1. The number of rotatable bonds is 0. The molecule has 5 unspecified atom stereocenters. The van der Waals surface area contributed by atoms with Crippen LogP contribution in [0.2, 0.25) is 0 Å². The Labute approximate surface area is 91.2 Å². The van der Waals surface area contributed by atoms with Gasteiger partial charge in [0.15, 0.2) is 0 Å². The zero-order valence-corrected chi connectivity index (χ0v) is 9.53. The third-order valence-electron chi connectivity index (χ3n) is 4.08. The Kier molecular flexibility index (Phi) is 1.65. The summed E-state index contributed by atoms with van der Waals surface area (Å²) in [5, 5.41) is 10.3. The highest BCUT2D eigenvalue weighted by atomic mass is 127. The van der Waals surface area contributed by atoms with Crippen LogP contribution in [0.25, 0.3) is 0 Å². The van der Waals surface area contributed by atoms with E-state index in [4.69, 9.17) is 0 Å². The molecule has 0 heterocycles. The number of hydrogen-bond donors (Lipinski definition) is 1. The lowest BCUT2D eigenvalue weighted by Gasteiger charge is -2.56. The van der Waals surface area contributed by atoms with Gasteiger partial charge in [0.05, 0.1) is 5.60 Å². The molecule has 4 saturated carbocycles. The fourth-order valence-corrected chi connectivity index (χ4v) is 4.77. The summed E-state index contributed by atoms with van der Waals surface area (Å²) in [4.78, 5) is 11.8. The zero-order chi connectivity index (χ0) is 9.22. The second-order valence-electron chi connectivity index (χ2n) is 4.96. The van der Waals surface area contributed by atoms with E-state index in [0.29, 0.717) is 11.7 Å². The van der Waals surface area contributed by atoms with E-state index in [1.165, 1.54) is 0 Å². The first-order valence-corrected chi connectivity index (χ1v) is 6.25. The Morgan fingerprint density at radius 1 is 1.38 bits per heavy atom. The second kappa shape index (κ2) is 2.48. The van der Waals surface area contributed by atoms with Gasteiger partial charge < -0.3 is 5.11 Å². The van der Waals surface area contributed by atoms with Crippen LogP contribution in [0, 0.1) is 17.8 Å². The van der Waals surface area contributed by atoms with Gasteiger partial charge in [0.1, 0.15) is 5.78 Å². The Hall–Kier alpha value is 0.360. The first-order valence-electron chi connectivity index (χ1n) is 5.00. The predicted molar refractivity (Wildman–Crippen MR) is 56.7 cm³/mol. The van der Waals surface area contributed by atoms with Crippen molar-refractivity contribution in [2.75, 3.05) is 0 Å². The molecule has 4 rings (SSSR count). The van der Waals surface area contributed by atoms with Gasteiger partial charge in [-0.1, -0.05) is 22.6 Å². The molecule has 0 aliphatic heterocycles. The minimum absolute atomic E-state index is 0.178. The zero-order valence-electron chi connectivity index (χ0n) is 7.37. The van der Waals surface area contributed by atoms with Gasteiger partial charge in [0, 0.05) is 15.8 Å². The van der Waals surface area contributed by atoms with E-state index in [9.17, 15) is 9.90 Å². The van der Waals surface area contributed by atoms with Crippen molar-refractivity contribution in [1.29, 1.82) is 0 Å². The van der Waals surface area contributed by atoms with Crippen LogP contribution in [0.1, 0.15) is 25.7 Å². The Bertz CT molecular complexity index is 278. The second-order valence-corrected chi connectivity index (χ2v) is 6.30. The highest BCUT2D eigenvalue weighted by Crippen LogP contribution is 2.56. The first kappa shape index (κ1) is 8.65. The fraction of sp³-hybridized carbons (Fsp3) is 0.900. The maximum absolute atomic E-state index is 11.8. The van der Waals surface area contributed by atoms with Crippen LogP contribution >= 0.6 is 22.6 Å². The number of Topliss-reactive ketones (excluding diaryl/α,β-unsaturated/α-hetero) is 1. The predicted octanol–water partition coefficient (Wildman–Crippen LogP) is 1.54. The van der Waals surface area contributed by atoms with Gasteiger partial charge in [-0.3, -0.25) is 4.79 Å². The molecule has 4 fully saturated rings. The molecule has 0 spiro atoms. The highest BCUT2D eigenvalue weighted by molar-refractivity contribution is 14.1. The molecule has 0 amide bonds. The van der Waals surface area contributed by atoms with Gasteiger partial charge in [0.2, 0.25) is 0 Å². The van der Waals surface area contributed by atoms with E-state index >= 15 is 0 Å². The topological polar surface area (TPSA) is 37.3 Å². The van der Waals surface area contributed by atoms with Crippen molar-refractivity contribution in [2.24, 2.45) is 17.8 Å². The summed E-state index contributed by atoms with van der Waals surface area (Å²) in [5.41, 5.74) is -0.495. The lowest BCUT2D eigenvalue weighted by Crippen LogP contribution is -2.61. The fourth-order valence-electron chi connectivity index (χ4n) is 3.62. The summed E-state index contributed by atoms with van der Waals surface area (Å²) in [6.07, 6.45) is 3.79. The minimum Gasteiger partial charge on any atom is -0.389 e. The van der Waals surface area contributed by atoms with Crippen molar-refractivity contribution in [3.05, 3.63) is 0 Å². The Morgan fingerprint density at radius 2 is 2.15 bits per heavy atom. The van der Waals surface area contributed by atoms with Gasteiger partial charge in [-0.05, 0) is 31.6 Å². The molecule has 4 bridgehead atoms. The molecule has 0 aromatic heterocycles. The molecule has 4 aliphatic carbocycles. The maximum Gasteiger partial charge on any atom is 0.140 e. The smallest absolute Gasteiger partial charge is 0.140 e. The molecule has 2 nitrogen and oxygen atoms in total. The standard InChI is InChI=1S/C10H13IO2/c11-9-7-2-5-1-6(8(7)12)4-10(9,13)3-5/h5-7,9,13H,1-4H2. The molecule has 5 atom stereocenters. The van der Waals surface area contributed by atoms with E-state index in [2.05, 4.69) is 22.6 Å². The number of ketones is 1. The molecule has 0 aromatic carbocycles. The third kappa shape index (κ3) is 1.00. The lowest BCUT2D eigenvalue weighted by atomic mass is 9.54. The highest BCUT2D eigenvalue weighted by Gasteiger charge is 2.59. The average molecular weight is 292 g/mol. The van der Waals surface area contributed by atoms with E-state index in [1.54, 1.807) is 0 Å². The summed E-state index contributed by atoms with van der Waals surface area (Å²) < 4.78 is 0.186. The van der Waals surface area contributed by atoms with Gasteiger partial charge in [-0.25, -0.2) is 0 Å². The Balaban J connectivity index is 2.03. The quantitative estimate of drug-likeness (QED) is 0.543. The number of alkyl halides is 1. The molecule has 0 saturated heterocycles. The first-order chi connectivity index (χ1) is 6.10. The van der Waals surface area contributed by atoms with Crippen LogP contribution in [-0.2, 0) is 4.79 Å². The normalized spacial score (nSPS) is 58.8. The van der Waals surface area contributed by atoms with Crippen molar-refractivity contribution in [1.82, 2.24) is 0 Å². The largest absolute Gasteiger partial charge is 0.389 e. The number of halogens is 1. The van der Waals surface area contributed by atoms with Gasteiger partial charge in [-0.2, -0.15) is 0 Å².